The molecule has 1 heterocycles. The molecule has 2 aromatic carbocycles. The van der Waals surface area contributed by atoms with Crippen molar-refractivity contribution in [3.8, 4) is 11.5 Å². The van der Waals surface area contributed by atoms with Crippen molar-refractivity contribution in [2.75, 3.05) is 13.1 Å². The van der Waals surface area contributed by atoms with Gasteiger partial charge in [-0.1, -0.05) is 18.2 Å². The van der Waals surface area contributed by atoms with Crippen molar-refractivity contribution in [2.45, 2.75) is 39.0 Å². The molecule has 150 valence electrons. The Bertz CT molecular complexity index is 857. The maximum absolute atomic E-state index is 14.3. The van der Waals surface area contributed by atoms with Gasteiger partial charge in [-0.05, 0) is 50.6 Å². The number of nitrogens with one attached hydrogen (secondary N) is 1. The molecule has 5 nitrogen and oxygen atoms in total. The molecule has 1 aliphatic heterocycles. The summed E-state index contributed by atoms with van der Waals surface area (Å²) in [5.41, 5.74) is 0.166. The number of para-hydroxylation sites is 1. The van der Waals surface area contributed by atoms with E-state index >= 15 is 0 Å². The number of halogens is 2. The van der Waals surface area contributed by atoms with E-state index in [1.807, 2.05) is 20.8 Å². The van der Waals surface area contributed by atoms with E-state index in [-0.39, 0.29) is 30.2 Å². The van der Waals surface area contributed by atoms with Crippen molar-refractivity contribution in [1.82, 2.24) is 10.2 Å². The van der Waals surface area contributed by atoms with Crippen LogP contribution >= 0.6 is 0 Å². The molecule has 0 saturated carbocycles. The molecule has 1 N–H and O–H groups in total. The van der Waals surface area contributed by atoms with Crippen LogP contribution in [-0.2, 0) is 11.3 Å². The Morgan fingerprint density at radius 3 is 2.61 bits per heavy atom. The molecule has 28 heavy (non-hydrogen) atoms. The molecule has 0 bridgehead atoms. The van der Waals surface area contributed by atoms with Crippen LogP contribution in [0, 0.1) is 11.6 Å². The molecule has 1 atom stereocenters. The molecule has 0 aliphatic carbocycles. The highest BCUT2D eigenvalue weighted by Gasteiger charge is 2.33. The fourth-order valence-corrected chi connectivity index (χ4v) is 3.28. The highest BCUT2D eigenvalue weighted by molar-refractivity contribution is 5.74. The lowest BCUT2D eigenvalue weighted by atomic mass is 10.1. The number of amides is 2. The van der Waals surface area contributed by atoms with Crippen LogP contribution < -0.4 is 10.1 Å². The van der Waals surface area contributed by atoms with Crippen molar-refractivity contribution < 1.29 is 23.0 Å². The summed E-state index contributed by atoms with van der Waals surface area (Å²) >= 11 is 0. The fraction of sp³-hybridized carbons (Fsp3) is 0.381. The minimum Gasteiger partial charge on any atom is -0.451 e. The van der Waals surface area contributed by atoms with Crippen molar-refractivity contribution in [2.24, 2.45) is 0 Å². The predicted molar refractivity (Wildman–Crippen MR) is 101 cm³/mol. The van der Waals surface area contributed by atoms with Crippen LogP contribution in [0.3, 0.4) is 0 Å². The minimum atomic E-state index is -0.629. The highest BCUT2D eigenvalue weighted by Crippen LogP contribution is 2.27. The van der Waals surface area contributed by atoms with Gasteiger partial charge in [-0.15, -0.1) is 0 Å². The quantitative estimate of drug-likeness (QED) is 0.838. The third-order valence-electron chi connectivity index (χ3n) is 4.35. The van der Waals surface area contributed by atoms with Crippen LogP contribution in [0.2, 0.25) is 0 Å². The van der Waals surface area contributed by atoms with Crippen molar-refractivity contribution in [3.63, 3.8) is 0 Å². The molecule has 1 saturated heterocycles. The van der Waals surface area contributed by atoms with Gasteiger partial charge in [-0.25, -0.2) is 13.6 Å². The van der Waals surface area contributed by atoms with Gasteiger partial charge in [0.05, 0.1) is 18.2 Å². The molecule has 0 aromatic heterocycles. The summed E-state index contributed by atoms with van der Waals surface area (Å²) in [4.78, 5) is 14.1. The second-order valence-corrected chi connectivity index (χ2v) is 7.52. The zero-order valence-corrected chi connectivity index (χ0v) is 16.2. The van der Waals surface area contributed by atoms with E-state index in [2.05, 4.69) is 5.32 Å². The molecular formula is C21H24F2N2O3. The number of morpholine rings is 1. The van der Waals surface area contributed by atoms with E-state index in [4.69, 9.17) is 9.47 Å². The summed E-state index contributed by atoms with van der Waals surface area (Å²) < 4.78 is 39.0. The number of carbonyl (C=O) groups is 1. The van der Waals surface area contributed by atoms with Gasteiger partial charge in [0.15, 0.2) is 23.1 Å². The number of carbonyl (C=O) groups excluding carboxylic acids is 1. The summed E-state index contributed by atoms with van der Waals surface area (Å²) in [6.45, 7) is 6.94. The molecule has 1 unspecified atom stereocenters. The Morgan fingerprint density at radius 2 is 1.93 bits per heavy atom. The number of hydrogen-bond acceptors (Lipinski definition) is 3. The Labute approximate surface area is 163 Å². The highest BCUT2D eigenvalue weighted by atomic mass is 19.1. The third-order valence-corrected chi connectivity index (χ3v) is 4.35. The van der Waals surface area contributed by atoms with Gasteiger partial charge < -0.3 is 19.7 Å². The van der Waals surface area contributed by atoms with Crippen LogP contribution in [0.1, 0.15) is 26.3 Å². The predicted octanol–water partition coefficient (Wildman–Crippen LogP) is 4.47. The van der Waals surface area contributed by atoms with E-state index in [0.29, 0.717) is 18.7 Å². The van der Waals surface area contributed by atoms with Gasteiger partial charge in [0.2, 0.25) is 0 Å². The van der Waals surface area contributed by atoms with Gasteiger partial charge in [0.1, 0.15) is 0 Å². The van der Waals surface area contributed by atoms with E-state index in [9.17, 15) is 13.6 Å². The molecule has 2 aromatic rings. The van der Waals surface area contributed by atoms with Crippen LogP contribution in [0.4, 0.5) is 13.6 Å². The molecule has 3 rings (SSSR count). The molecule has 2 amide bonds. The average molecular weight is 390 g/mol. The first kappa shape index (κ1) is 20.1. The summed E-state index contributed by atoms with van der Waals surface area (Å²) in [6, 6.07) is 9.89. The van der Waals surface area contributed by atoms with Crippen LogP contribution in [0.5, 0.6) is 11.5 Å². The lowest BCUT2D eigenvalue weighted by Gasteiger charge is -2.41. The van der Waals surface area contributed by atoms with Gasteiger partial charge in [-0.2, -0.15) is 0 Å². The van der Waals surface area contributed by atoms with Crippen molar-refractivity contribution in [3.05, 3.63) is 59.7 Å². The number of urea groups is 1. The maximum atomic E-state index is 14.3. The number of benzene rings is 2. The van der Waals surface area contributed by atoms with E-state index in [1.165, 1.54) is 30.3 Å². The van der Waals surface area contributed by atoms with Crippen molar-refractivity contribution >= 4 is 6.03 Å². The van der Waals surface area contributed by atoms with Gasteiger partial charge in [0.25, 0.3) is 0 Å². The van der Waals surface area contributed by atoms with Gasteiger partial charge in [-0.3, -0.25) is 0 Å². The molecule has 1 fully saturated rings. The van der Waals surface area contributed by atoms with Crippen LogP contribution in [0.25, 0.3) is 0 Å². The lowest BCUT2D eigenvalue weighted by molar-refractivity contribution is -0.117. The molecule has 0 spiro atoms. The standard InChI is InChI=1S/C21H24F2N2O3/c1-14-12-25(13-21(2,3)28-14)20(26)24-11-15-8-9-19(17(23)10-15)27-18-7-5-4-6-16(18)22/h4-10,14H,11-13H2,1-3H3,(H,24,26). The molecule has 7 heteroatoms. The topological polar surface area (TPSA) is 50.8 Å². The zero-order chi connectivity index (χ0) is 20.3. The Morgan fingerprint density at radius 1 is 1.21 bits per heavy atom. The first-order valence-electron chi connectivity index (χ1n) is 9.15. The fourth-order valence-electron chi connectivity index (χ4n) is 3.28. The van der Waals surface area contributed by atoms with E-state index in [0.717, 1.165) is 0 Å². The number of rotatable bonds is 4. The van der Waals surface area contributed by atoms with Crippen LogP contribution in [-0.4, -0.2) is 35.7 Å². The second-order valence-electron chi connectivity index (χ2n) is 7.52. The largest absolute Gasteiger partial charge is 0.451 e. The Kier molecular flexibility index (Phi) is 5.84. The normalized spacial score (nSPS) is 18.6. The van der Waals surface area contributed by atoms with Crippen LogP contribution in [0.15, 0.2) is 42.5 Å². The summed E-state index contributed by atoms with van der Waals surface area (Å²) in [5.74, 6) is -1.33. The second kappa shape index (κ2) is 8.14. The van der Waals surface area contributed by atoms with E-state index < -0.39 is 17.2 Å². The summed E-state index contributed by atoms with van der Waals surface area (Å²) in [5, 5.41) is 2.80. The Hall–Kier alpha value is -2.67. The maximum Gasteiger partial charge on any atom is 0.317 e. The molecule has 0 radical (unpaired) electrons. The van der Waals surface area contributed by atoms with Crippen molar-refractivity contribution in [1.29, 1.82) is 0 Å². The first-order chi connectivity index (χ1) is 13.2. The Balaban J connectivity index is 1.60. The average Bonchev–Trinajstić information content (AvgIpc) is 2.61. The third kappa shape index (κ3) is 4.98. The SMILES string of the molecule is CC1CN(C(=O)NCc2ccc(Oc3ccccc3F)c(F)c2)CC(C)(C)O1. The first-order valence-corrected chi connectivity index (χ1v) is 9.15. The number of ether oxygens (including phenoxy) is 2. The smallest absolute Gasteiger partial charge is 0.317 e. The summed E-state index contributed by atoms with van der Waals surface area (Å²) in [6.07, 6.45) is -0.0539. The molecule has 1 aliphatic rings. The number of nitrogens with zero attached hydrogens (tertiary/aromatic N) is 1. The monoisotopic (exact) mass is 390 g/mol. The minimum absolute atomic E-state index is 0.0495. The van der Waals surface area contributed by atoms with Gasteiger partial charge >= 0.3 is 6.03 Å². The van der Waals surface area contributed by atoms with Gasteiger partial charge in [0, 0.05) is 13.1 Å². The lowest BCUT2D eigenvalue weighted by Crippen LogP contribution is -2.56. The molecular weight excluding hydrogens is 366 g/mol. The zero-order valence-electron chi connectivity index (χ0n) is 16.2. The number of hydrogen-bond donors (Lipinski definition) is 1. The van der Waals surface area contributed by atoms with E-state index in [1.54, 1.807) is 17.0 Å². The summed E-state index contributed by atoms with van der Waals surface area (Å²) in [7, 11) is 0.